The van der Waals surface area contributed by atoms with Crippen molar-refractivity contribution in [1.29, 1.82) is 5.26 Å². The van der Waals surface area contributed by atoms with Crippen LogP contribution in [-0.2, 0) is 14.3 Å². The van der Waals surface area contributed by atoms with Gasteiger partial charge in [-0.1, -0.05) is 0 Å². The van der Waals surface area contributed by atoms with E-state index < -0.39 is 17.1 Å². The summed E-state index contributed by atoms with van der Waals surface area (Å²) in [6.07, 6.45) is 0. The molecule has 0 bridgehead atoms. The number of rotatable bonds is 3. The molecule has 1 aromatic rings. The summed E-state index contributed by atoms with van der Waals surface area (Å²) >= 11 is 0. The molecule has 2 N–H and O–H groups in total. The van der Waals surface area contributed by atoms with Crippen LogP contribution in [0.4, 0.5) is 11.4 Å². The Morgan fingerprint density at radius 3 is 2.79 bits per heavy atom. The molecule has 0 saturated heterocycles. The van der Waals surface area contributed by atoms with E-state index in [1.807, 2.05) is 0 Å². The van der Waals surface area contributed by atoms with Crippen molar-refractivity contribution in [2.75, 3.05) is 17.2 Å². The number of ether oxygens (including phenoxy) is 1. The van der Waals surface area contributed by atoms with E-state index in [9.17, 15) is 14.8 Å². The van der Waals surface area contributed by atoms with Crippen LogP contribution in [0.15, 0.2) is 18.2 Å². The van der Waals surface area contributed by atoms with Crippen molar-refractivity contribution in [2.45, 2.75) is 6.92 Å². The van der Waals surface area contributed by atoms with Gasteiger partial charge in [0.15, 0.2) is 0 Å². The van der Waals surface area contributed by atoms with Crippen molar-refractivity contribution in [2.24, 2.45) is 0 Å². The van der Waals surface area contributed by atoms with Gasteiger partial charge in [0.1, 0.15) is 6.07 Å². The highest BCUT2D eigenvalue weighted by Gasteiger charge is 2.16. The molecule has 1 aromatic carbocycles. The van der Waals surface area contributed by atoms with Crippen molar-refractivity contribution < 1.29 is 19.5 Å². The number of anilines is 2. The third-order valence-corrected chi connectivity index (χ3v) is 2.05. The summed E-state index contributed by atoms with van der Waals surface area (Å²) in [5, 5.41) is 29.9. The number of esters is 1. The molecular formula is C11H10N3O5-. The van der Waals surface area contributed by atoms with Crippen molar-refractivity contribution in [3.05, 3.63) is 29.0 Å². The lowest BCUT2D eigenvalue weighted by Crippen LogP contribution is -2.25. The van der Waals surface area contributed by atoms with Crippen LogP contribution in [0.3, 0.4) is 0 Å². The van der Waals surface area contributed by atoms with Gasteiger partial charge in [-0.2, -0.15) is 5.26 Å². The average molecular weight is 264 g/mol. The molecule has 0 atom stereocenters. The highest BCUT2D eigenvalue weighted by molar-refractivity contribution is 6.37. The van der Waals surface area contributed by atoms with Gasteiger partial charge in [-0.25, -0.2) is 4.79 Å². The van der Waals surface area contributed by atoms with E-state index in [4.69, 9.17) is 10.5 Å². The Bertz CT molecular complexity index is 536. The van der Waals surface area contributed by atoms with Crippen molar-refractivity contribution in [1.82, 2.24) is 0 Å². The zero-order valence-corrected chi connectivity index (χ0v) is 9.91. The number of amides is 1. The van der Waals surface area contributed by atoms with Crippen molar-refractivity contribution in [3.63, 3.8) is 0 Å². The molecule has 0 saturated carbocycles. The quantitative estimate of drug-likeness (QED) is 0.468. The maximum Gasteiger partial charge on any atom is 0.397 e. The molecule has 0 fully saturated rings. The molecule has 0 heterocycles. The van der Waals surface area contributed by atoms with E-state index in [0.717, 1.165) is 6.07 Å². The van der Waals surface area contributed by atoms with Crippen LogP contribution < -0.4 is 10.5 Å². The molecule has 0 aliphatic heterocycles. The van der Waals surface area contributed by atoms with E-state index in [2.05, 4.69) is 10.1 Å². The van der Waals surface area contributed by atoms with Crippen LogP contribution >= 0.6 is 0 Å². The first-order valence-electron chi connectivity index (χ1n) is 5.18. The van der Waals surface area contributed by atoms with E-state index in [1.165, 1.54) is 12.1 Å². The molecule has 8 heteroatoms. The average Bonchev–Trinajstić information content (AvgIpc) is 2.39. The molecule has 19 heavy (non-hydrogen) atoms. The molecule has 0 aromatic heterocycles. The van der Waals surface area contributed by atoms with Gasteiger partial charge in [-0.3, -0.25) is 10.0 Å². The molecule has 0 unspecified atom stereocenters. The first-order chi connectivity index (χ1) is 8.99. The minimum absolute atomic E-state index is 0.0335. The maximum atomic E-state index is 11.4. The Morgan fingerprint density at radius 1 is 1.58 bits per heavy atom. The van der Waals surface area contributed by atoms with Crippen molar-refractivity contribution in [3.8, 4) is 6.07 Å². The lowest BCUT2D eigenvalue weighted by Gasteiger charge is -2.22. The summed E-state index contributed by atoms with van der Waals surface area (Å²) < 4.78 is 4.48. The minimum atomic E-state index is -1.08. The zero-order chi connectivity index (χ0) is 14.4. The molecule has 0 aliphatic rings. The summed E-state index contributed by atoms with van der Waals surface area (Å²) in [5.41, 5.74) is -0.220. The molecule has 8 nitrogen and oxygen atoms in total. The first-order valence-corrected chi connectivity index (χ1v) is 5.18. The number of hydrogen-bond donors (Lipinski definition) is 2. The first kappa shape index (κ1) is 14.4. The second kappa shape index (κ2) is 6.34. The van der Waals surface area contributed by atoms with Crippen LogP contribution in [0.25, 0.3) is 0 Å². The second-order valence-electron chi connectivity index (χ2n) is 3.29. The fourth-order valence-corrected chi connectivity index (χ4v) is 1.22. The van der Waals surface area contributed by atoms with E-state index in [-0.39, 0.29) is 23.5 Å². The maximum absolute atomic E-state index is 11.4. The molecule has 100 valence electrons. The van der Waals surface area contributed by atoms with E-state index >= 15 is 0 Å². The van der Waals surface area contributed by atoms with Crippen LogP contribution in [0, 0.1) is 16.5 Å². The highest BCUT2D eigenvalue weighted by Crippen LogP contribution is 2.21. The minimum Gasteiger partial charge on any atom is -0.733 e. The van der Waals surface area contributed by atoms with Crippen LogP contribution in [0.5, 0.6) is 0 Å². The Hall–Kier alpha value is -2.63. The van der Waals surface area contributed by atoms with Gasteiger partial charge in [0, 0.05) is 0 Å². The number of hydrogen-bond acceptors (Lipinski definition) is 7. The van der Waals surface area contributed by atoms with Gasteiger partial charge in [0.2, 0.25) is 0 Å². The Kier molecular flexibility index (Phi) is 4.82. The van der Waals surface area contributed by atoms with Crippen LogP contribution in [-0.4, -0.2) is 23.7 Å². The zero-order valence-electron chi connectivity index (χ0n) is 9.91. The number of nitrogens with zero attached hydrogens (tertiary/aromatic N) is 2. The molecule has 0 radical (unpaired) electrons. The van der Waals surface area contributed by atoms with Crippen molar-refractivity contribution >= 4 is 23.3 Å². The molecule has 1 amide bonds. The van der Waals surface area contributed by atoms with Gasteiger partial charge in [-0.15, -0.1) is 0 Å². The molecule has 1 rings (SSSR count). The van der Waals surface area contributed by atoms with Crippen LogP contribution in [0.2, 0.25) is 0 Å². The van der Waals surface area contributed by atoms with Gasteiger partial charge >= 0.3 is 11.9 Å². The number of benzene rings is 1. The lowest BCUT2D eigenvalue weighted by atomic mass is 10.1. The lowest BCUT2D eigenvalue weighted by molar-refractivity contribution is -0.152. The fourth-order valence-electron chi connectivity index (χ4n) is 1.22. The topological polar surface area (TPSA) is 126 Å². The Labute approximate surface area is 108 Å². The summed E-state index contributed by atoms with van der Waals surface area (Å²) in [4.78, 5) is 22.5. The monoisotopic (exact) mass is 264 g/mol. The third kappa shape index (κ3) is 3.67. The van der Waals surface area contributed by atoms with Gasteiger partial charge in [0.05, 0.1) is 23.5 Å². The van der Waals surface area contributed by atoms with Gasteiger partial charge in [0.25, 0.3) is 0 Å². The number of carbonyl (C=O) groups is 2. The SMILES string of the molecule is CCOC(=O)C(=O)Nc1ccc(N([O-])O)cc1C#N. The predicted octanol–water partition coefficient (Wildman–Crippen LogP) is 0.753. The second-order valence-corrected chi connectivity index (χ2v) is 3.29. The van der Waals surface area contributed by atoms with E-state index in [1.54, 1.807) is 13.0 Å². The summed E-state index contributed by atoms with van der Waals surface area (Å²) in [7, 11) is 0. The normalized spacial score (nSPS) is 9.37. The fraction of sp³-hybridized carbons (Fsp3) is 0.182. The molecule has 0 spiro atoms. The standard InChI is InChI=1S/C11H10N3O5/c1-2-19-11(16)10(15)13-9-4-3-8(14(17)18)5-7(9)6-12/h3-5,17H,2H2,1H3,(H,13,15)/q-1. The predicted molar refractivity (Wildman–Crippen MR) is 64.1 cm³/mol. The highest BCUT2D eigenvalue weighted by atomic mass is 16.8. The number of nitriles is 1. The van der Waals surface area contributed by atoms with E-state index in [0.29, 0.717) is 0 Å². The number of nitrogens with one attached hydrogen (secondary N) is 1. The number of carbonyl (C=O) groups excluding carboxylic acids is 2. The third-order valence-electron chi connectivity index (χ3n) is 2.05. The largest absolute Gasteiger partial charge is 0.733 e. The summed E-state index contributed by atoms with van der Waals surface area (Å²) in [6, 6.07) is 5.18. The Balaban J connectivity index is 2.93. The van der Waals surface area contributed by atoms with Gasteiger partial charge < -0.3 is 20.5 Å². The summed E-state index contributed by atoms with van der Waals surface area (Å²) in [5.74, 6) is -2.11. The summed E-state index contributed by atoms with van der Waals surface area (Å²) in [6.45, 7) is 1.59. The molecular weight excluding hydrogens is 254 g/mol. The van der Waals surface area contributed by atoms with Gasteiger partial charge in [-0.05, 0) is 25.1 Å². The van der Waals surface area contributed by atoms with Crippen LogP contribution in [0.1, 0.15) is 12.5 Å². The molecule has 0 aliphatic carbocycles. The Morgan fingerprint density at radius 2 is 2.26 bits per heavy atom. The smallest absolute Gasteiger partial charge is 0.397 e.